The first-order valence-electron chi connectivity index (χ1n) is 4.55. The van der Waals surface area contributed by atoms with Gasteiger partial charge in [0.05, 0.1) is 0 Å². The second-order valence-corrected chi connectivity index (χ2v) is 3.17. The third-order valence-corrected chi connectivity index (χ3v) is 2.15. The summed E-state index contributed by atoms with van der Waals surface area (Å²) in [5, 5.41) is 38.3. The normalized spacial score (nSPS) is 13.5. The summed E-state index contributed by atoms with van der Waals surface area (Å²) in [6, 6.07) is -0.623. The molecule has 0 saturated heterocycles. The highest BCUT2D eigenvalue weighted by Gasteiger charge is 2.43. The Morgan fingerprint density at radius 1 is 1.12 bits per heavy atom. The second-order valence-electron chi connectivity index (χ2n) is 3.17. The van der Waals surface area contributed by atoms with Crippen molar-refractivity contribution in [2.24, 2.45) is 5.92 Å². The first-order valence-corrected chi connectivity index (χ1v) is 4.55. The van der Waals surface area contributed by atoms with Crippen molar-refractivity contribution < 1.29 is 9.85 Å². The van der Waals surface area contributed by atoms with Gasteiger partial charge in [0, 0.05) is 9.85 Å². The summed E-state index contributed by atoms with van der Waals surface area (Å²) in [7, 11) is 0. The highest BCUT2D eigenvalue weighted by Crippen LogP contribution is 2.20. The summed E-state index contributed by atoms with van der Waals surface area (Å²) in [6.07, 6.45) is 0.529. The molecule has 0 heterocycles. The van der Waals surface area contributed by atoms with Crippen LogP contribution in [0.1, 0.15) is 19.8 Å². The van der Waals surface area contributed by atoms with Gasteiger partial charge in [-0.1, -0.05) is 13.3 Å². The lowest BCUT2D eigenvalue weighted by molar-refractivity contribution is -0.557. The minimum absolute atomic E-state index is 0.0956. The summed E-state index contributed by atoms with van der Waals surface area (Å²) in [5.41, 5.74) is 0. The van der Waals surface area contributed by atoms with Crippen LogP contribution in [-0.4, -0.2) is 21.9 Å². The van der Waals surface area contributed by atoms with E-state index in [-0.39, 0.29) is 6.42 Å². The van der Waals surface area contributed by atoms with E-state index in [1.54, 1.807) is 6.92 Å². The number of nitriles is 2. The van der Waals surface area contributed by atoms with Crippen LogP contribution < -0.4 is 0 Å². The van der Waals surface area contributed by atoms with E-state index in [0.29, 0.717) is 6.42 Å². The van der Waals surface area contributed by atoms with Gasteiger partial charge in [0.25, 0.3) is 0 Å². The molecule has 0 unspecified atom stereocenters. The SMILES string of the molecule is CCCC([C@@H](C#N)[N+](=O)[O-])[C@@H](C#N)[N+](=O)[O-]. The summed E-state index contributed by atoms with van der Waals surface area (Å²) in [4.78, 5) is 19.3. The van der Waals surface area contributed by atoms with E-state index in [1.165, 1.54) is 12.1 Å². The highest BCUT2D eigenvalue weighted by atomic mass is 16.6. The fourth-order valence-corrected chi connectivity index (χ4v) is 1.42. The molecule has 0 aliphatic rings. The Labute approximate surface area is 91.4 Å². The van der Waals surface area contributed by atoms with E-state index < -0.39 is 27.8 Å². The maximum Gasteiger partial charge on any atom is 0.307 e. The van der Waals surface area contributed by atoms with Crippen LogP contribution in [0.2, 0.25) is 0 Å². The Morgan fingerprint density at radius 2 is 1.50 bits per heavy atom. The summed E-state index contributed by atoms with van der Waals surface area (Å²) < 4.78 is 0. The highest BCUT2D eigenvalue weighted by molar-refractivity contribution is 4.99. The van der Waals surface area contributed by atoms with E-state index in [4.69, 9.17) is 10.5 Å². The number of hydrogen-bond acceptors (Lipinski definition) is 6. The van der Waals surface area contributed by atoms with Gasteiger partial charge in [0.2, 0.25) is 0 Å². The molecular weight excluding hydrogens is 216 g/mol. The molecule has 0 aliphatic carbocycles. The molecule has 16 heavy (non-hydrogen) atoms. The van der Waals surface area contributed by atoms with Crippen LogP contribution in [0.15, 0.2) is 0 Å². The lowest BCUT2D eigenvalue weighted by Gasteiger charge is -2.14. The van der Waals surface area contributed by atoms with Crippen LogP contribution in [-0.2, 0) is 0 Å². The van der Waals surface area contributed by atoms with Crippen LogP contribution in [0, 0.1) is 48.8 Å². The maximum absolute atomic E-state index is 10.5. The van der Waals surface area contributed by atoms with Gasteiger partial charge in [0.15, 0.2) is 0 Å². The first kappa shape index (κ1) is 13.8. The standard InChI is InChI=1S/C8H10N4O4/c1-2-3-6(7(4-9)11(13)14)8(5-10)12(15)16/h6-8H,2-3H2,1H3/t7-,8-/m1/s1. The Morgan fingerprint density at radius 3 is 1.69 bits per heavy atom. The molecule has 0 amide bonds. The maximum atomic E-state index is 10.5. The lowest BCUT2D eigenvalue weighted by Crippen LogP contribution is -2.39. The molecule has 0 radical (unpaired) electrons. The van der Waals surface area contributed by atoms with Crippen molar-refractivity contribution in [3.8, 4) is 12.1 Å². The Hall–Kier alpha value is -2.22. The van der Waals surface area contributed by atoms with Crippen LogP contribution >= 0.6 is 0 Å². The van der Waals surface area contributed by atoms with Crippen LogP contribution in [0.4, 0.5) is 0 Å². The van der Waals surface area contributed by atoms with Gasteiger partial charge in [-0.3, -0.25) is 20.2 Å². The van der Waals surface area contributed by atoms with Crippen molar-refractivity contribution in [3.63, 3.8) is 0 Å². The number of nitrogens with zero attached hydrogens (tertiary/aromatic N) is 4. The molecule has 0 fully saturated rings. The van der Waals surface area contributed by atoms with Gasteiger partial charge in [-0.25, -0.2) is 0 Å². The predicted molar refractivity (Wildman–Crippen MR) is 51.2 cm³/mol. The average molecular weight is 226 g/mol. The molecule has 2 atom stereocenters. The van der Waals surface area contributed by atoms with Gasteiger partial charge in [-0.2, -0.15) is 10.5 Å². The molecule has 0 spiro atoms. The Balaban J connectivity index is 5.13. The predicted octanol–water partition coefficient (Wildman–Crippen LogP) is 0.740. The zero-order valence-electron chi connectivity index (χ0n) is 8.57. The fraction of sp³-hybridized carbons (Fsp3) is 0.750. The molecule has 0 rings (SSSR count). The van der Waals surface area contributed by atoms with Gasteiger partial charge in [0.1, 0.15) is 18.1 Å². The van der Waals surface area contributed by atoms with Crippen molar-refractivity contribution in [2.75, 3.05) is 0 Å². The van der Waals surface area contributed by atoms with Crippen LogP contribution in [0.5, 0.6) is 0 Å². The third-order valence-electron chi connectivity index (χ3n) is 2.15. The second kappa shape index (κ2) is 6.30. The molecule has 0 bridgehead atoms. The van der Waals surface area contributed by atoms with Gasteiger partial charge in [-0.05, 0) is 6.42 Å². The number of rotatable bonds is 6. The van der Waals surface area contributed by atoms with Crippen LogP contribution in [0.25, 0.3) is 0 Å². The fourth-order valence-electron chi connectivity index (χ4n) is 1.42. The van der Waals surface area contributed by atoms with E-state index in [2.05, 4.69) is 0 Å². The molecule has 0 aliphatic heterocycles. The van der Waals surface area contributed by atoms with Gasteiger partial charge < -0.3 is 0 Å². The molecule has 86 valence electrons. The Bertz CT molecular complexity index is 324. The topological polar surface area (TPSA) is 134 Å². The van der Waals surface area contributed by atoms with Crippen molar-refractivity contribution in [3.05, 3.63) is 20.2 Å². The zero-order valence-corrected chi connectivity index (χ0v) is 8.57. The van der Waals surface area contributed by atoms with Crippen molar-refractivity contribution in [1.82, 2.24) is 0 Å². The van der Waals surface area contributed by atoms with E-state index in [1.807, 2.05) is 0 Å². The average Bonchev–Trinajstić information content (AvgIpc) is 2.18. The van der Waals surface area contributed by atoms with Crippen molar-refractivity contribution >= 4 is 0 Å². The monoisotopic (exact) mass is 226 g/mol. The molecule has 0 saturated carbocycles. The molecular formula is C8H10N4O4. The minimum atomic E-state index is -1.71. The summed E-state index contributed by atoms with van der Waals surface area (Å²) in [6.45, 7) is 1.68. The van der Waals surface area contributed by atoms with Crippen LogP contribution in [0.3, 0.4) is 0 Å². The smallest absolute Gasteiger partial charge is 0.263 e. The lowest BCUT2D eigenvalue weighted by atomic mass is 9.89. The molecule has 0 aromatic heterocycles. The van der Waals surface area contributed by atoms with Gasteiger partial charge >= 0.3 is 12.1 Å². The largest absolute Gasteiger partial charge is 0.307 e. The molecule has 0 aromatic carbocycles. The first-order chi connectivity index (χ1) is 7.49. The number of hydrogen-bond donors (Lipinski definition) is 0. The minimum Gasteiger partial charge on any atom is -0.263 e. The Kier molecular flexibility index (Phi) is 5.42. The molecule has 0 N–H and O–H groups in total. The van der Waals surface area contributed by atoms with Crippen molar-refractivity contribution in [1.29, 1.82) is 10.5 Å². The van der Waals surface area contributed by atoms with Gasteiger partial charge in [-0.15, -0.1) is 0 Å². The summed E-state index contributed by atoms with van der Waals surface area (Å²) >= 11 is 0. The zero-order chi connectivity index (χ0) is 12.7. The quantitative estimate of drug-likeness (QED) is 0.484. The molecule has 8 heteroatoms. The number of nitro groups is 2. The van der Waals surface area contributed by atoms with E-state index >= 15 is 0 Å². The van der Waals surface area contributed by atoms with E-state index in [0.717, 1.165) is 0 Å². The summed E-state index contributed by atoms with van der Waals surface area (Å²) in [5.74, 6) is -1.18. The van der Waals surface area contributed by atoms with Crippen molar-refractivity contribution in [2.45, 2.75) is 31.8 Å². The van der Waals surface area contributed by atoms with E-state index in [9.17, 15) is 20.2 Å². The third kappa shape index (κ3) is 3.17. The molecule has 0 aromatic rings. The molecule has 8 nitrogen and oxygen atoms in total.